The highest BCUT2D eigenvalue weighted by atomic mass is 19.1. The Bertz CT molecular complexity index is 1030. The summed E-state index contributed by atoms with van der Waals surface area (Å²) in [4.78, 5) is 12.2. The van der Waals surface area contributed by atoms with E-state index in [9.17, 15) is 4.39 Å². The molecule has 4 aromatic rings. The van der Waals surface area contributed by atoms with Crippen LogP contribution >= 0.6 is 0 Å². The van der Waals surface area contributed by atoms with Gasteiger partial charge in [0.15, 0.2) is 5.65 Å². The van der Waals surface area contributed by atoms with Crippen LogP contribution in [0.1, 0.15) is 18.3 Å². The highest BCUT2D eigenvalue weighted by molar-refractivity contribution is 5.79. The van der Waals surface area contributed by atoms with Crippen LogP contribution in [0.15, 0.2) is 42.9 Å². The van der Waals surface area contributed by atoms with E-state index in [2.05, 4.69) is 15.1 Å². The normalized spacial score (nSPS) is 11.3. The zero-order chi connectivity index (χ0) is 16.7. The van der Waals surface area contributed by atoms with Crippen molar-refractivity contribution in [3.63, 3.8) is 0 Å². The van der Waals surface area contributed by atoms with E-state index in [-0.39, 0.29) is 5.82 Å². The molecule has 24 heavy (non-hydrogen) atoms. The van der Waals surface area contributed by atoms with Crippen molar-refractivity contribution in [1.82, 2.24) is 24.6 Å². The summed E-state index contributed by atoms with van der Waals surface area (Å²) in [7, 11) is 0. The van der Waals surface area contributed by atoms with E-state index in [0.29, 0.717) is 5.56 Å². The molecule has 0 amide bonds. The molecular weight excluding hydrogens is 305 g/mol. The number of aromatic amines is 1. The topological polar surface area (TPSA) is 58.9 Å². The molecule has 1 aromatic carbocycles. The Morgan fingerprint density at radius 1 is 1.17 bits per heavy atom. The van der Waals surface area contributed by atoms with Gasteiger partial charge in [-0.15, -0.1) is 0 Å². The second-order valence-corrected chi connectivity index (χ2v) is 5.71. The van der Waals surface area contributed by atoms with Crippen molar-refractivity contribution >= 4 is 5.65 Å². The van der Waals surface area contributed by atoms with Gasteiger partial charge < -0.3 is 4.98 Å². The molecule has 1 N–H and O–H groups in total. The van der Waals surface area contributed by atoms with Gasteiger partial charge in [-0.25, -0.2) is 18.9 Å². The highest BCUT2D eigenvalue weighted by Gasteiger charge is 2.15. The zero-order valence-electron chi connectivity index (χ0n) is 13.4. The number of nitrogens with zero attached hydrogens (tertiary/aromatic N) is 4. The SMILES string of the molecule is CCc1nc(-c2ccc(F)c(C)c2)c(-c2ccc3ncnn3c2)[nH]1. The Labute approximate surface area is 138 Å². The average molecular weight is 321 g/mol. The number of imidazole rings is 1. The lowest BCUT2D eigenvalue weighted by atomic mass is 10.0. The molecule has 5 nitrogen and oxygen atoms in total. The summed E-state index contributed by atoms with van der Waals surface area (Å²) in [6.45, 7) is 3.80. The van der Waals surface area contributed by atoms with Gasteiger partial charge >= 0.3 is 0 Å². The molecule has 0 saturated carbocycles. The van der Waals surface area contributed by atoms with Crippen LogP contribution in [0.5, 0.6) is 0 Å². The van der Waals surface area contributed by atoms with Gasteiger partial charge in [-0.1, -0.05) is 6.92 Å². The Hall–Kier alpha value is -3.02. The maximum atomic E-state index is 13.6. The summed E-state index contributed by atoms with van der Waals surface area (Å²) in [6, 6.07) is 8.96. The Balaban J connectivity index is 1.91. The van der Waals surface area contributed by atoms with Gasteiger partial charge in [0.25, 0.3) is 0 Å². The van der Waals surface area contributed by atoms with Gasteiger partial charge in [0.2, 0.25) is 0 Å². The fourth-order valence-corrected chi connectivity index (χ4v) is 2.76. The van der Waals surface area contributed by atoms with Crippen LogP contribution in [-0.2, 0) is 6.42 Å². The Kier molecular flexibility index (Phi) is 3.37. The number of halogens is 1. The third-order valence-corrected chi connectivity index (χ3v) is 4.08. The molecule has 0 atom stereocenters. The number of benzene rings is 1. The minimum atomic E-state index is -0.212. The van der Waals surface area contributed by atoms with E-state index in [4.69, 9.17) is 4.98 Å². The third kappa shape index (κ3) is 2.36. The van der Waals surface area contributed by atoms with E-state index in [1.807, 2.05) is 31.3 Å². The maximum Gasteiger partial charge on any atom is 0.155 e. The first kappa shape index (κ1) is 14.6. The van der Waals surface area contributed by atoms with Crippen LogP contribution in [0.2, 0.25) is 0 Å². The molecule has 120 valence electrons. The van der Waals surface area contributed by atoms with Crippen molar-refractivity contribution in [2.24, 2.45) is 0 Å². The average Bonchev–Trinajstić information content (AvgIpc) is 3.22. The number of hydrogen-bond acceptors (Lipinski definition) is 3. The number of hydrogen-bond donors (Lipinski definition) is 1. The number of fused-ring (bicyclic) bond motifs is 1. The predicted octanol–water partition coefficient (Wildman–Crippen LogP) is 3.80. The molecule has 6 heteroatoms. The largest absolute Gasteiger partial charge is 0.341 e. The summed E-state index contributed by atoms with van der Waals surface area (Å²) < 4.78 is 15.3. The van der Waals surface area contributed by atoms with Crippen LogP contribution in [0, 0.1) is 12.7 Å². The predicted molar refractivity (Wildman–Crippen MR) is 90.1 cm³/mol. The van der Waals surface area contributed by atoms with Crippen LogP contribution in [0.25, 0.3) is 28.2 Å². The number of pyridine rings is 1. The molecule has 0 bridgehead atoms. The lowest BCUT2D eigenvalue weighted by Gasteiger charge is -2.05. The monoisotopic (exact) mass is 321 g/mol. The van der Waals surface area contributed by atoms with Crippen LogP contribution < -0.4 is 0 Å². The fourth-order valence-electron chi connectivity index (χ4n) is 2.76. The lowest BCUT2D eigenvalue weighted by Crippen LogP contribution is -1.91. The quantitative estimate of drug-likeness (QED) is 0.624. The van der Waals surface area contributed by atoms with Gasteiger partial charge in [-0.3, -0.25) is 0 Å². The van der Waals surface area contributed by atoms with Gasteiger partial charge in [-0.05, 0) is 42.8 Å². The second-order valence-electron chi connectivity index (χ2n) is 5.71. The van der Waals surface area contributed by atoms with Gasteiger partial charge in [0.05, 0.1) is 11.4 Å². The molecule has 0 saturated heterocycles. The summed E-state index contributed by atoms with van der Waals surface area (Å²) in [5, 5.41) is 4.18. The molecule has 0 aliphatic carbocycles. The minimum absolute atomic E-state index is 0.212. The fraction of sp³-hybridized carbons (Fsp3) is 0.167. The van der Waals surface area contributed by atoms with Crippen molar-refractivity contribution in [2.75, 3.05) is 0 Å². The van der Waals surface area contributed by atoms with Crippen LogP contribution in [0.3, 0.4) is 0 Å². The van der Waals surface area contributed by atoms with E-state index >= 15 is 0 Å². The van der Waals surface area contributed by atoms with E-state index < -0.39 is 0 Å². The van der Waals surface area contributed by atoms with Gasteiger partial charge in [0.1, 0.15) is 18.0 Å². The Morgan fingerprint density at radius 3 is 2.79 bits per heavy atom. The summed E-state index contributed by atoms with van der Waals surface area (Å²) in [6.07, 6.45) is 4.22. The van der Waals surface area contributed by atoms with E-state index in [1.165, 1.54) is 12.4 Å². The molecule has 0 spiro atoms. The maximum absolute atomic E-state index is 13.6. The first-order valence-electron chi connectivity index (χ1n) is 7.81. The molecule has 0 radical (unpaired) electrons. The number of H-pyrrole nitrogens is 1. The van der Waals surface area contributed by atoms with Crippen LogP contribution in [-0.4, -0.2) is 24.6 Å². The molecular formula is C18H16FN5. The number of aromatic nitrogens is 5. The smallest absolute Gasteiger partial charge is 0.155 e. The molecule has 0 unspecified atom stereocenters. The Morgan fingerprint density at radius 2 is 2.00 bits per heavy atom. The van der Waals surface area contributed by atoms with E-state index in [0.717, 1.165) is 40.4 Å². The van der Waals surface area contributed by atoms with Gasteiger partial charge in [0, 0.05) is 23.7 Å². The zero-order valence-corrected chi connectivity index (χ0v) is 13.4. The first-order chi connectivity index (χ1) is 11.7. The molecule has 0 aliphatic rings. The number of nitrogens with one attached hydrogen (secondary N) is 1. The third-order valence-electron chi connectivity index (χ3n) is 4.08. The first-order valence-corrected chi connectivity index (χ1v) is 7.81. The molecule has 3 aromatic heterocycles. The summed E-state index contributed by atoms with van der Waals surface area (Å²) in [5.41, 5.74) is 4.94. The van der Waals surface area contributed by atoms with Gasteiger partial charge in [-0.2, -0.15) is 5.10 Å². The molecule has 0 aliphatic heterocycles. The lowest BCUT2D eigenvalue weighted by molar-refractivity contribution is 0.619. The van der Waals surface area contributed by atoms with Crippen molar-refractivity contribution in [3.8, 4) is 22.5 Å². The number of aryl methyl sites for hydroxylation is 2. The molecule has 0 fully saturated rings. The summed E-state index contributed by atoms with van der Waals surface area (Å²) in [5.74, 6) is 0.677. The van der Waals surface area contributed by atoms with Crippen molar-refractivity contribution < 1.29 is 4.39 Å². The van der Waals surface area contributed by atoms with Crippen molar-refractivity contribution in [2.45, 2.75) is 20.3 Å². The highest BCUT2D eigenvalue weighted by Crippen LogP contribution is 2.31. The van der Waals surface area contributed by atoms with Crippen molar-refractivity contribution in [1.29, 1.82) is 0 Å². The molecule has 3 heterocycles. The minimum Gasteiger partial charge on any atom is -0.341 e. The second kappa shape index (κ2) is 5.56. The standard InChI is InChI=1S/C18H16FN5/c1-3-15-22-17(12-4-6-14(19)11(2)8-12)18(23-15)13-5-7-16-20-10-21-24(16)9-13/h4-10H,3H2,1-2H3,(H,22,23). The molecule has 4 rings (SSSR count). The van der Waals surface area contributed by atoms with Crippen molar-refractivity contribution in [3.05, 3.63) is 60.1 Å². The van der Waals surface area contributed by atoms with Crippen LogP contribution in [0.4, 0.5) is 4.39 Å². The summed E-state index contributed by atoms with van der Waals surface area (Å²) >= 11 is 0. The number of rotatable bonds is 3. The van der Waals surface area contributed by atoms with E-state index in [1.54, 1.807) is 17.5 Å².